The van der Waals surface area contributed by atoms with Gasteiger partial charge in [0.05, 0.1) is 12.6 Å². The highest BCUT2D eigenvalue weighted by molar-refractivity contribution is 5.17. The van der Waals surface area contributed by atoms with Gasteiger partial charge in [-0.15, -0.1) is 0 Å². The van der Waals surface area contributed by atoms with E-state index in [0.717, 1.165) is 5.56 Å². The second-order valence-corrected chi connectivity index (χ2v) is 3.18. The molecular weight excluding hydrogens is 200 g/mol. The van der Waals surface area contributed by atoms with Crippen molar-refractivity contribution in [2.45, 2.75) is 12.5 Å². The summed E-state index contributed by atoms with van der Waals surface area (Å²) in [5, 5.41) is 2.66. The van der Waals surface area contributed by atoms with Crippen LogP contribution >= 0.6 is 0 Å². The monoisotopic (exact) mass is 215 g/mol. The summed E-state index contributed by atoms with van der Waals surface area (Å²) >= 11 is 0. The second-order valence-electron chi connectivity index (χ2n) is 3.18. The first-order valence-electron chi connectivity index (χ1n) is 4.80. The molecule has 0 heterocycles. The summed E-state index contributed by atoms with van der Waals surface area (Å²) in [5.74, 6) is 0. The Kier molecular flexibility index (Phi) is 5.21. The van der Waals surface area contributed by atoms with Crippen molar-refractivity contribution in [3.8, 4) is 0 Å². The van der Waals surface area contributed by atoms with Crippen LogP contribution in [0.5, 0.6) is 0 Å². The van der Waals surface area contributed by atoms with E-state index < -0.39 is 6.43 Å². The maximum Gasteiger partial charge on any atom is 0.250 e. The number of ether oxygens (including phenoxy) is 1. The SMILES string of the molecule is COC(CNCC(F)F)c1ccccc1. The molecule has 1 N–H and O–H groups in total. The van der Waals surface area contributed by atoms with E-state index in [-0.39, 0.29) is 12.6 Å². The Morgan fingerprint density at radius 2 is 1.87 bits per heavy atom. The van der Waals surface area contributed by atoms with Crippen LogP contribution in [0.3, 0.4) is 0 Å². The van der Waals surface area contributed by atoms with Gasteiger partial charge in [-0.2, -0.15) is 0 Å². The fourth-order valence-corrected chi connectivity index (χ4v) is 1.33. The zero-order valence-corrected chi connectivity index (χ0v) is 8.62. The van der Waals surface area contributed by atoms with E-state index in [9.17, 15) is 8.78 Å². The van der Waals surface area contributed by atoms with Crippen LogP contribution in [0.25, 0.3) is 0 Å². The fraction of sp³-hybridized carbons (Fsp3) is 0.455. The van der Waals surface area contributed by atoms with Crippen LogP contribution in [0.4, 0.5) is 8.78 Å². The van der Waals surface area contributed by atoms with Crippen molar-refractivity contribution in [1.82, 2.24) is 5.32 Å². The molecule has 0 aromatic heterocycles. The first-order chi connectivity index (χ1) is 7.24. The minimum absolute atomic E-state index is 0.176. The summed E-state index contributed by atoms with van der Waals surface area (Å²) in [6.45, 7) is 0.0948. The molecule has 0 saturated carbocycles. The standard InChI is InChI=1S/C11H15F2NO/c1-15-10(7-14-8-11(12)13)9-5-3-2-4-6-9/h2-6,10-11,14H,7-8H2,1H3. The number of benzene rings is 1. The van der Waals surface area contributed by atoms with Gasteiger partial charge in [-0.05, 0) is 5.56 Å². The number of methoxy groups -OCH3 is 1. The van der Waals surface area contributed by atoms with Gasteiger partial charge >= 0.3 is 0 Å². The molecule has 2 nitrogen and oxygen atoms in total. The lowest BCUT2D eigenvalue weighted by Gasteiger charge is -2.16. The van der Waals surface area contributed by atoms with Gasteiger partial charge in [-0.3, -0.25) is 0 Å². The zero-order chi connectivity index (χ0) is 11.1. The van der Waals surface area contributed by atoms with Crippen molar-refractivity contribution < 1.29 is 13.5 Å². The third-order valence-corrected chi connectivity index (χ3v) is 2.08. The Labute approximate surface area is 88.3 Å². The third kappa shape index (κ3) is 4.36. The van der Waals surface area contributed by atoms with Gasteiger partial charge in [-0.25, -0.2) is 8.78 Å². The van der Waals surface area contributed by atoms with Crippen LogP contribution in [0.2, 0.25) is 0 Å². The normalized spacial score (nSPS) is 13.1. The number of alkyl halides is 2. The molecule has 1 aromatic rings. The maximum atomic E-state index is 11.9. The van der Waals surface area contributed by atoms with Crippen molar-refractivity contribution in [1.29, 1.82) is 0 Å². The number of halogens is 2. The highest BCUT2D eigenvalue weighted by atomic mass is 19.3. The lowest BCUT2D eigenvalue weighted by molar-refractivity contribution is 0.0915. The Hall–Kier alpha value is -1.00. The van der Waals surface area contributed by atoms with E-state index in [1.54, 1.807) is 7.11 Å². The molecule has 1 atom stereocenters. The molecule has 0 fully saturated rings. The molecule has 0 amide bonds. The van der Waals surface area contributed by atoms with E-state index >= 15 is 0 Å². The fourth-order valence-electron chi connectivity index (χ4n) is 1.33. The lowest BCUT2D eigenvalue weighted by atomic mass is 10.1. The van der Waals surface area contributed by atoms with Gasteiger partial charge in [-0.1, -0.05) is 30.3 Å². The van der Waals surface area contributed by atoms with E-state index in [2.05, 4.69) is 5.32 Å². The molecule has 0 bridgehead atoms. The lowest BCUT2D eigenvalue weighted by Crippen LogP contribution is -2.27. The van der Waals surface area contributed by atoms with Gasteiger partial charge in [0.25, 0.3) is 6.43 Å². The first kappa shape index (κ1) is 12.1. The largest absolute Gasteiger partial charge is 0.375 e. The molecule has 0 saturated heterocycles. The third-order valence-electron chi connectivity index (χ3n) is 2.08. The minimum Gasteiger partial charge on any atom is -0.375 e. The molecule has 84 valence electrons. The molecule has 4 heteroatoms. The predicted molar refractivity (Wildman–Crippen MR) is 55.1 cm³/mol. The van der Waals surface area contributed by atoms with Crippen molar-refractivity contribution in [3.63, 3.8) is 0 Å². The van der Waals surface area contributed by atoms with E-state index in [4.69, 9.17) is 4.74 Å². The second kappa shape index (κ2) is 6.48. The quantitative estimate of drug-likeness (QED) is 0.785. The highest BCUT2D eigenvalue weighted by Gasteiger charge is 2.10. The summed E-state index contributed by atoms with van der Waals surface area (Å²) < 4.78 is 29.0. The van der Waals surface area contributed by atoms with E-state index in [1.165, 1.54) is 0 Å². The van der Waals surface area contributed by atoms with Crippen molar-refractivity contribution in [2.24, 2.45) is 0 Å². The molecule has 1 aromatic carbocycles. The number of rotatable bonds is 6. The number of hydrogen-bond donors (Lipinski definition) is 1. The molecule has 0 aliphatic heterocycles. The van der Waals surface area contributed by atoms with Crippen LogP contribution in [0.1, 0.15) is 11.7 Å². The molecule has 15 heavy (non-hydrogen) atoms. The van der Waals surface area contributed by atoms with Crippen molar-refractivity contribution in [3.05, 3.63) is 35.9 Å². The molecule has 1 rings (SSSR count). The summed E-state index contributed by atoms with van der Waals surface area (Å²) in [6, 6.07) is 9.53. The number of nitrogens with one attached hydrogen (secondary N) is 1. The molecule has 0 aliphatic rings. The Morgan fingerprint density at radius 1 is 1.20 bits per heavy atom. The van der Waals surface area contributed by atoms with Crippen LogP contribution in [-0.4, -0.2) is 26.6 Å². The van der Waals surface area contributed by atoms with Gasteiger partial charge < -0.3 is 10.1 Å². The Morgan fingerprint density at radius 3 is 2.40 bits per heavy atom. The smallest absolute Gasteiger partial charge is 0.250 e. The predicted octanol–water partition coefficient (Wildman–Crippen LogP) is 2.23. The number of hydrogen-bond acceptors (Lipinski definition) is 2. The van der Waals surface area contributed by atoms with Crippen LogP contribution < -0.4 is 5.32 Å². The first-order valence-corrected chi connectivity index (χ1v) is 4.80. The van der Waals surface area contributed by atoms with Gasteiger partial charge in [0.1, 0.15) is 0 Å². The maximum absolute atomic E-state index is 11.9. The minimum atomic E-state index is -2.32. The Bertz CT molecular complexity index is 267. The Balaban J connectivity index is 2.43. The molecule has 0 radical (unpaired) electrons. The van der Waals surface area contributed by atoms with Gasteiger partial charge in [0.2, 0.25) is 0 Å². The van der Waals surface area contributed by atoms with Crippen LogP contribution in [-0.2, 0) is 4.74 Å². The van der Waals surface area contributed by atoms with E-state index in [0.29, 0.717) is 6.54 Å². The zero-order valence-electron chi connectivity index (χ0n) is 8.62. The summed E-state index contributed by atoms with van der Waals surface area (Å²) in [7, 11) is 1.57. The molecule has 1 unspecified atom stereocenters. The average Bonchev–Trinajstić information content (AvgIpc) is 2.25. The average molecular weight is 215 g/mol. The molecule has 0 aliphatic carbocycles. The molecule has 0 spiro atoms. The highest BCUT2D eigenvalue weighted by Crippen LogP contribution is 2.14. The summed E-state index contributed by atoms with van der Waals surface area (Å²) in [4.78, 5) is 0. The van der Waals surface area contributed by atoms with Crippen LogP contribution in [0, 0.1) is 0 Å². The summed E-state index contributed by atoms with van der Waals surface area (Å²) in [6.07, 6.45) is -2.50. The van der Waals surface area contributed by atoms with E-state index in [1.807, 2.05) is 30.3 Å². The van der Waals surface area contributed by atoms with Gasteiger partial charge in [0, 0.05) is 13.7 Å². The summed E-state index contributed by atoms with van der Waals surface area (Å²) in [5.41, 5.74) is 0.988. The van der Waals surface area contributed by atoms with Crippen LogP contribution in [0.15, 0.2) is 30.3 Å². The molecular formula is C11H15F2NO. The van der Waals surface area contributed by atoms with Gasteiger partial charge in [0.15, 0.2) is 0 Å². The van der Waals surface area contributed by atoms with Crippen molar-refractivity contribution >= 4 is 0 Å². The topological polar surface area (TPSA) is 21.3 Å². The van der Waals surface area contributed by atoms with Crippen molar-refractivity contribution in [2.75, 3.05) is 20.2 Å².